The molecule has 0 amide bonds. The first-order chi connectivity index (χ1) is 11.7. The molecule has 0 radical (unpaired) electrons. The Kier molecular flexibility index (Phi) is 5.16. The number of aliphatic hydroxyl groups excluding tert-OH is 1. The highest BCUT2D eigenvalue weighted by molar-refractivity contribution is 5.75. The molecule has 3 aromatic rings. The Bertz CT molecular complexity index is 808. The van der Waals surface area contributed by atoms with Crippen molar-refractivity contribution < 1.29 is 9.84 Å². The maximum absolute atomic E-state index is 9.98. The Balaban J connectivity index is 1.60. The average molecular weight is 324 g/mol. The SMILES string of the molecule is Cc1ccccc1OCCCCn1c([C@H](C)O)nc2ccccc21. The van der Waals surface area contributed by atoms with Crippen LogP contribution in [0.5, 0.6) is 5.75 Å². The minimum absolute atomic E-state index is 0.569. The number of hydrogen-bond donors (Lipinski definition) is 1. The topological polar surface area (TPSA) is 47.3 Å². The van der Waals surface area contributed by atoms with Crippen LogP contribution in [-0.4, -0.2) is 21.3 Å². The normalized spacial score (nSPS) is 12.5. The van der Waals surface area contributed by atoms with E-state index >= 15 is 0 Å². The molecule has 0 aliphatic rings. The number of imidazole rings is 1. The lowest BCUT2D eigenvalue weighted by atomic mass is 10.2. The van der Waals surface area contributed by atoms with Gasteiger partial charge in [0.05, 0.1) is 17.6 Å². The largest absolute Gasteiger partial charge is 0.493 e. The third-order valence-electron chi connectivity index (χ3n) is 4.18. The zero-order chi connectivity index (χ0) is 16.9. The monoisotopic (exact) mass is 324 g/mol. The maximum Gasteiger partial charge on any atom is 0.138 e. The number of nitrogens with zero attached hydrogens (tertiary/aromatic N) is 2. The number of hydrogen-bond acceptors (Lipinski definition) is 3. The van der Waals surface area contributed by atoms with Gasteiger partial charge in [-0.1, -0.05) is 30.3 Å². The molecule has 0 saturated carbocycles. The van der Waals surface area contributed by atoms with Crippen LogP contribution in [0.15, 0.2) is 48.5 Å². The number of fused-ring (bicyclic) bond motifs is 1. The van der Waals surface area contributed by atoms with Crippen molar-refractivity contribution >= 4 is 11.0 Å². The maximum atomic E-state index is 9.98. The Hall–Kier alpha value is -2.33. The van der Waals surface area contributed by atoms with E-state index in [0.29, 0.717) is 6.61 Å². The van der Waals surface area contributed by atoms with Crippen LogP contribution in [0.25, 0.3) is 11.0 Å². The van der Waals surface area contributed by atoms with Gasteiger partial charge >= 0.3 is 0 Å². The lowest BCUT2D eigenvalue weighted by Gasteiger charge is -2.12. The third-order valence-corrected chi connectivity index (χ3v) is 4.18. The molecule has 3 rings (SSSR count). The van der Waals surface area contributed by atoms with Crippen molar-refractivity contribution in [3.8, 4) is 5.75 Å². The molecule has 126 valence electrons. The van der Waals surface area contributed by atoms with Crippen molar-refractivity contribution in [2.24, 2.45) is 0 Å². The summed E-state index contributed by atoms with van der Waals surface area (Å²) >= 11 is 0. The van der Waals surface area contributed by atoms with Crippen LogP contribution in [0.2, 0.25) is 0 Å². The first kappa shape index (κ1) is 16.5. The number of ether oxygens (including phenoxy) is 1. The van der Waals surface area contributed by atoms with E-state index in [1.807, 2.05) is 36.4 Å². The molecule has 1 heterocycles. The van der Waals surface area contributed by atoms with E-state index < -0.39 is 6.10 Å². The zero-order valence-corrected chi connectivity index (χ0v) is 14.3. The van der Waals surface area contributed by atoms with E-state index in [9.17, 15) is 5.11 Å². The summed E-state index contributed by atoms with van der Waals surface area (Å²) in [7, 11) is 0. The first-order valence-electron chi connectivity index (χ1n) is 8.48. The van der Waals surface area contributed by atoms with Gasteiger partial charge in [0, 0.05) is 6.54 Å². The van der Waals surface area contributed by atoms with E-state index in [4.69, 9.17) is 4.74 Å². The smallest absolute Gasteiger partial charge is 0.138 e. The van der Waals surface area contributed by atoms with E-state index in [1.165, 1.54) is 0 Å². The molecule has 0 aliphatic heterocycles. The Labute approximate surface area is 142 Å². The molecule has 0 saturated heterocycles. The fourth-order valence-electron chi connectivity index (χ4n) is 2.92. The second kappa shape index (κ2) is 7.49. The van der Waals surface area contributed by atoms with Crippen LogP contribution in [0.3, 0.4) is 0 Å². The minimum atomic E-state index is -0.569. The molecule has 0 fully saturated rings. The van der Waals surface area contributed by atoms with Crippen LogP contribution >= 0.6 is 0 Å². The molecule has 0 aliphatic carbocycles. The van der Waals surface area contributed by atoms with Gasteiger partial charge in [-0.2, -0.15) is 0 Å². The highest BCUT2D eigenvalue weighted by Gasteiger charge is 2.13. The van der Waals surface area contributed by atoms with Crippen LogP contribution in [-0.2, 0) is 6.54 Å². The molecular formula is C20H24N2O2. The molecule has 0 spiro atoms. The van der Waals surface area contributed by atoms with Gasteiger partial charge in [0.2, 0.25) is 0 Å². The zero-order valence-electron chi connectivity index (χ0n) is 14.3. The molecule has 0 bridgehead atoms. The molecule has 1 atom stereocenters. The number of aliphatic hydroxyl groups is 1. The Morgan fingerprint density at radius 1 is 1.08 bits per heavy atom. The number of aryl methyl sites for hydroxylation is 2. The molecule has 1 N–H and O–H groups in total. The number of unbranched alkanes of at least 4 members (excludes halogenated alkanes) is 1. The number of para-hydroxylation sites is 3. The number of aromatic nitrogens is 2. The van der Waals surface area contributed by atoms with Gasteiger partial charge in [0.15, 0.2) is 0 Å². The Morgan fingerprint density at radius 3 is 2.62 bits per heavy atom. The lowest BCUT2D eigenvalue weighted by molar-refractivity contribution is 0.184. The predicted octanol–water partition coefficient (Wildman–Crippen LogP) is 4.26. The molecule has 24 heavy (non-hydrogen) atoms. The summed E-state index contributed by atoms with van der Waals surface area (Å²) < 4.78 is 7.97. The van der Waals surface area contributed by atoms with Crippen molar-refractivity contribution in [2.45, 2.75) is 39.3 Å². The highest BCUT2D eigenvalue weighted by Crippen LogP contribution is 2.21. The molecule has 4 heteroatoms. The average Bonchev–Trinajstić information content (AvgIpc) is 2.95. The summed E-state index contributed by atoms with van der Waals surface area (Å²) in [6.07, 6.45) is 1.37. The fraction of sp³-hybridized carbons (Fsp3) is 0.350. The summed E-state index contributed by atoms with van der Waals surface area (Å²) in [4.78, 5) is 4.55. The van der Waals surface area contributed by atoms with Crippen LogP contribution in [0.4, 0.5) is 0 Å². The van der Waals surface area contributed by atoms with Gasteiger partial charge in [-0.15, -0.1) is 0 Å². The van der Waals surface area contributed by atoms with Crippen molar-refractivity contribution in [2.75, 3.05) is 6.61 Å². The van der Waals surface area contributed by atoms with Gasteiger partial charge in [0.1, 0.15) is 17.7 Å². The first-order valence-corrected chi connectivity index (χ1v) is 8.48. The van der Waals surface area contributed by atoms with E-state index in [-0.39, 0.29) is 0 Å². The summed E-state index contributed by atoms with van der Waals surface area (Å²) in [5, 5.41) is 9.98. The van der Waals surface area contributed by atoms with Crippen molar-refractivity contribution in [3.05, 3.63) is 59.9 Å². The van der Waals surface area contributed by atoms with Crippen molar-refractivity contribution in [3.63, 3.8) is 0 Å². The van der Waals surface area contributed by atoms with Crippen LogP contribution < -0.4 is 4.74 Å². The van der Waals surface area contributed by atoms with Crippen molar-refractivity contribution in [1.82, 2.24) is 9.55 Å². The van der Waals surface area contributed by atoms with E-state index in [2.05, 4.69) is 28.6 Å². The van der Waals surface area contributed by atoms with Gasteiger partial charge in [-0.05, 0) is 50.5 Å². The van der Waals surface area contributed by atoms with E-state index in [1.54, 1.807) is 6.92 Å². The summed E-state index contributed by atoms with van der Waals surface area (Å²) in [5.74, 6) is 1.69. The quantitative estimate of drug-likeness (QED) is 0.661. The fourth-order valence-corrected chi connectivity index (χ4v) is 2.92. The standard InChI is InChI=1S/C20H24N2O2/c1-15-9-3-6-12-19(15)24-14-8-7-13-22-18-11-5-4-10-17(18)21-20(22)16(2)23/h3-6,9-12,16,23H,7-8,13-14H2,1-2H3/t16-/m0/s1. The Morgan fingerprint density at radius 2 is 1.83 bits per heavy atom. The summed E-state index contributed by atoms with van der Waals surface area (Å²) in [5.41, 5.74) is 3.17. The second-order valence-corrected chi connectivity index (χ2v) is 6.11. The summed E-state index contributed by atoms with van der Waals surface area (Å²) in [6, 6.07) is 16.1. The molecular weight excluding hydrogens is 300 g/mol. The highest BCUT2D eigenvalue weighted by atomic mass is 16.5. The van der Waals surface area contributed by atoms with Gasteiger partial charge in [-0.25, -0.2) is 4.98 Å². The molecule has 1 aromatic heterocycles. The number of rotatable bonds is 7. The van der Waals surface area contributed by atoms with Gasteiger partial charge in [-0.3, -0.25) is 0 Å². The molecule has 4 nitrogen and oxygen atoms in total. The lowest BCUT2D eigenvalue weighted by Crippen LogP contribution is -2.08. The summed E-state index contributed by atoms with van der Waals surface area (Å²) in [6.45, 7) is 5.35. The van der Waals surface area contributed by atoms with Crippen molar-refractivity contribution in [1.29, 1.82) is 0 Å². The minimum Gasteiger partial charge on any atom is -0.493 e. The van der Waals surface area contributed by atoms with Gasteiger partial charge < -0.3 is 14.4 Å². The van der Waals surface area contributed by atoms with Gasteiger partial charge in [0.25, 0.3) is 0 Å². The van der Waals surface area contributed by atoms with Crippen LogP contribution in [0, 0.1) is 6.92 Å². The number of benzene rings is 2. The van der Waals surface area contributed by atoms with Crippen LogP contribution in [0.1, 0.15) is 37.3 Å². The molecule has 2 aromatic carbocycles. The third kappa shape index (κ3) is 3.60. The predicted molar refractivity (Wildman–Crippen MR) is 96.3 cm³/mol. The second-order valence-electron chi connectivity index (χ2n) is 6.11. The molecule has 0 unspecified atom stereocenters. The van der Waals surface area contributed by atoms with E-state index in [0.717, 1.165) is 47.6 Å².